The zero-order chi connectivity index (χ0) is 16.7. The molecule has 0 unspecified atom stereocenters. The van der Waals surface area contributed by atoms with Gasteiger partial charge in [-0.25, -0.2) is 9.97 Å². The van der Waals surface area contributed by atoms with Gasteiger partial charge < -0.3 is 10.2 Å². The van der Waals surface area contributed by atoms with Crippen molar-refractivity contribution < 1.29 is 4.79 Å². The highest BCUT2D eigenvalue weighted by Gasteiger charge is 2.13. The average Bonchev–Trinajstić information content (AvgIpc) is 2.58. The van der Waals surface area contributed by atoms with Crippen LogP contribution in [0.5, 0.6) is 0 Å². The van der Waals surface area contributed by atoms with E-state index in [1.807, 2.05) is 0 Å². The lowest BCUT2D eigenvalue weighted by Gasteiger charge is -2.16. The highest BCUT2D eigenvalue weighted by Crippen LogP contribution is 2.10. The number of hydrogen-bond donors (Lipinski definition) is 1. The normalized spacial score (nSPS) is 10.4. The van der Waals surface area contributed by atoms with Crippen LogP contribution < -0.4 is 5.32 Å². The first-order valence-electron chi connectivity index (χ1n) is 7.97. The number of unbranched alkanes of at least 4 members (excludes halogenated alkanes) is 1. The van der Waals surface area contributed by atoms with Crippen LogP contribution in [0.25, 0.3) is 0 Å². The summed E-state index contributed by atoms with van der Waals surface area (Å²) in [5, 5.41) is 3.24. The molecule has 0 bridgehead atoms. The molecule has 0 aliphatic rings. The van der Waals surface area contributed by atoms with Gasteiger partial charge in [-0.15, -0.1) is 0 Å². The minimum absolute atomic E-state index is 0.0702. The van der Waals surface area contributed by atoms with E-state index in [4.69, 9.17) is 0 Å². The summed E-state index contributed by atoms with van der Waals surface area (Å²) < 4.78 is 0. The monoisotopic (exact) mass is 312 g/mol. The minimum atomic E-state index is -0.0702. The summed E-state index contributed by atoms with van der Waals surface area (Å²) in [5.41, 5.74) is 2.82. The highest BCUT2D eigenvalue weighted by molar-refractivity contribution is 5.92. The Kier molecular flexibility index (Phi) is 6.09. The van der Waals surface area contributed by atoms with E-state index in [-0.39, 0.29) is 5.91 Å². The van der Waals surface area contributed by atoms with Crippen molar-refractivity contribution in [2.75, 3.05) is 18.9 Å². The summed E-state index contributed by atoms with van der Waals surface area (Å²) in [6, 6.07) is 10.0. The zero-order valence-corrected chi connectivity index (χ0v) is 14.0. The lowest BCUT2D eigenvalue weighted by atomic mass is 10.1. The van der Waals surface area contributed by atoms with E-state index in [1.54, 1.807) is 18.0 Å². The van der Waals surface area contributed by atoms with E-state index in [1.165, 1.54) is 17.5 Å². The Balaban J connectivity index is 1.98. The third-order valence-corrected chi connectivity index (χ3v) is 3.67. The van der Waals surface area contributed by atoms with Crippen molar-refractivity contribution in [2.24, 2.45) is 0 Å². The fourth-order valence-electron chi connectivity index (χ4n) is 2.16. The van der Waals surface area contributed by atoms with Crippen LogP contribution in [0.1, 0.15) is 41.4 Å². The van der Waals surface area contributed by atoms with Gasteiger partial charge in [0.25, 0.3) is 5.91 Å². The molecule has 23 heavy (non-hydrogen) atoms. The number of benzene rings is 1. The molecule has 1 heterocycles. The molecule has 2 aromatic rings. The number of aromatic nitrogens is 2. The fraction of sp³-hybridized carbons (Fsp3) is 0.389. The number of nitrogens with one attached hydrogen (secondary N) is 1. The lowest BCUT2D eigenvalue weighted by molar-refractivity contribution is 0.0787. The maximum atomic E-state index is 12.3. The molecular weight excluding hydrogens is 288 g/mol. The second-order valence-electron chi connectivity index (χ2n) is 5.71. The Morgan fingerprint density at radius 1 is 1.22 bits per heavy atom. The van der Waals surface area contributed by atoms with Crippen LogP contribution in [0, 0.1) is 6.92 Å². The first-order valence-corrected chi connectivity index (χ1v) is 7.97. The summed E-state index contributed by atoms with van der Waals surface area (Å²) in [6.07, 6.45) is 3.48. The Hall–Kier alpha value is -2.43. The largest absolute Gasteiger partial charge is 0.366 e. The van der Waals surface area contributed by atoms with Crippen molar-refractivity contribution in [2.45, 2.75) is 33.2 Å². The van der Waals surface area contributed by atoms with Crippen molar-refractivity contribution in [3.8, 4) is 0 Å². The predicted molar refractivity (Wildman–Crippen MR) is 92.4 cm³/mol. The van der Waals surface area contributed by atoms with Gasteiger partial charge in [-0.2, -0.15) is 0 Å². The molecule has 0 atom stereocenters. The molecule has 0 saturated carbocycles. The van der Waals surface area contributed by atoms with E-state index in [2.05, 4.69) is 53.4 Å². The zero-order valence-electron chi connectivity index (χ0n) is 14.0. The van der Waals surface area contributed by atoms with Gasteiger partial charge >= 0.3 is 0 Å². The number of carbonyl (C=O) groups is 1. The SMILES string of the molecule is CCCCN(C)C(=O)c1cc(NCc2ccc(C)cc2)ncn1. The maximum absolute atomic E-state index is 12.3. The summed E-state index contributed by atoms with van der Waals surface area (Å²) in [7, 11) is 1.81. The average molecular weight is 312 g/mol. The molecule has 0 aliphatic heterocycles. The molecule has 2 rings (SSSR count). The van der Waals surface area contributed by atoms with E-state index in [0.717, 1.165) is 19.4 Å². The smallest absolute Gasteiger partial charge is 0.272 e. The van der Waals surface area contributed by atoms with Crippen molar-refractivity contribution in [1.82, 2.24) is 14.9 Å². The van der Waals surface area contributed by atoms with Crippen molar-refractivity contribution in [3.05, 3.63) is 53.5 Å². The van der Waals surface area contributed by atoms with Crippen LogP contribution in [0.15, 0.2) is 36.7 Å². The first kappa shape index (κ1) is 16.9. The second kappa shape index (κ2) is 8.27. The van der Waals surface area contributed by atoms with Crippen molar-refractivity contribution >= 4 is 11.7 Å². The van der Waals surface area contributed by atoms with Gasteiger partial charge in [0.15, 0.2) is 0 Å². The molecule has 122 valence electrons. The van der Waals surface area contributed by atoms with E-state index in [9.17, 15) is 4.79 Å². The fourth-order valence-corrected chi connectivity index (χ4v) is 2.16. The standard InChI is InChI=1S/C18H24N4O/c1-4-5-10-22(3)18(23)16-11-17(21-13-20-16)19-12-15-8-6-14(2)7-9-15/h6-9,11,13H,4-5,10,12H2,1-3H3,(H,19,20,21). The molecule has 1 amide bonds. The molecule has 1 aromatic heterocycles. The number of amides is 1. The van der Waals surface area contributed by atoms with Gasteiger partial charge in [0.1, 0.15) is 17.8 Å². The van der Waals surface area contributed by atoms with E-state index in [0.29, 0.717) is 18.1 Å². The molecular formula is C18H24N4O. The quantitative estimate of drug-likeness (QED) is 0.852. The Morgan fingerprint density at radius 2 is 1.96 bits per heavy atom. The molecule has 1 N–H and O–H groups in total. The number of anilines is 1. The van der Waals surface area contributed by atoms with Crippen LogP contribution >= 0.6 is 0 Å². The van der Waals surface area contributed by atoms with Crippen molar-refractivity contribution in [1.29, 1.82) is 0 Å². The molecule has 0 fully saturated rings. The third-order valence-electron chi connectivity index (χ3n) is 3.67. The van der Waals surface area contributed by atoms with Gasteiger partial charge in [-0.3, -0.25) is 4.79 Å². The van der Waals surface area contributed by atoms with Gasteiger partial charge in [0, 0.05) is 26.2 Å². The Morgan fingerprint density at radius 3 is 2.65 bits per heavy atom. The molecule has 0 aliphatic carbocycles. The van der Waals surface area contributed by atoms with Crippen LogP contribution in [-0.2, 0) is 6.54 Å². The van der Waals surface area contributed by atoms with Gasteiger partial charge in [-0.1, -0.05) is 43.2 Å². The molecule has 0 spiro atoms. The Bertz CT molecular complexity index is 640. The van der Waals surface area contributed by atoms with Crippen molar-refractivity contribution in [3.63, 3.8) is 0 Å². The van der Waals surface area contributed by atoms with Crippen LogP contribution in [-0.4, -0.2) is 34.4 Å². The van der Waals surface area contributed by atoms with E-state index >= 15 is 0 Å². The number of rotatable bonds is 7. The molecule has 0 radical (unpaired) electrons. The third kappa shape index (κ3) is 5.06. The number of hydrogen-bond acceptors (Lipinski definition) is 4. The minimum Gasteiger partial charge on any atom is -0.366 e. The molecule has 0 saturated heterocycles. The predicted octanol–water partition coefficient (Wildman–Crippen LogP) is 3.27. The first-order chi connectivity index (χ1) is 11.1. The molecule has 1 aromatic carbocycles. The van der Waals surface area contributed by atoms with Crippen LogP contribution in [0.4, 0.5) is 5.82 Å². The number of nitrogens with zero attached hydrogens (tertiary/aromatic N) is 3. The summed E-state index contributed by atoms with van der Waals surface area (Å²) in [4.78, 5) is 22.3. The van der Waals surface area contributed by atoms with E-state index < -0.39 is 0 Å². The van der Waals surface area contributed by atoms with Gasteiger partial charge in [0.2, 0.25) is 0 Å². The molecule has 5 heteroatoms. The highest BCUT2D eigenvalue weighted by atomic mass is 16.2. The van der Waals surface area contributed by atoms with Gasteiger partial charge in [0.05, 0.1) is 0 Å². The summed E-state index contributed by atoms with van der Waals surface area (Å²) in [5.74, 6) is 0.590. The lowest BCUT2D eigenvalue weighted by Crippen LogP contribution is -2.28. The second-order valence-corrected chi connectivity index (χ2v) is 5.71. The maximum Gasteiger partial charge on any atom is 0.272 e. The topological polar surface area (TPSA) is 58.1 Å². The number of aryl methyl sites for hydroxylation is 1. The van der Waals surface area contributed by atoms with Crippen LogP contribution in [0.2, 0.25) is 0 Å². The summed E-state index contributed by atoms with van der Waals surface area (Å²) in [6.45, 7) is 5.58. The summed E-state index contributed by atoms with van der Waals surface area (Å²) >= 11 is 0. The Labute approximate surface area is 137 Å². The van der Waals surface area contributed by atoms with Crippen LogP contribution in [0.3, 0.4) is 0 Å². The number of carbonyl (C=O) groups excluding carboxylic acids is 1. The molecule has 5 nitrogen and oxygen atoms in total. The van der Waals surface area contributed by atoms with Gasteiger partial charge in [-0.05, 0) is 18.9 Å².